The maximum Gasteiger partial charge on any atom is 0.268 e. The van der Waals surface area contributed by atoms with Crippen molar-refractivity contribution in [3.8, 4) is 17.0 Å². The summed E-state index contributed by atoms with van der Waals surface area (Å²) in [6.07, 6.45) is 1.19. The van der Waals surface area contributed by atoms with E-state index in [0.717, 1.165) is 28.8 Å². The third-order valence-corrected chi connectivity index (χ3v) is 7.95. The Bertz CT molecular complexity index is 1520. The van der Waals surface area contributed by atoms with Crippen molar-refractivity contribution in [3.05, 3.63) is 52.9 Å². The summed E-state index contributed by atoms with van der Waals surface area (Å²) < 4.78 is 36.0. The summed E-state index contributed by atoms with van der Waals surface area (Å²) in [6, 6.07) is 10.8. The van der Waals surface area contributed by atoms with Crippen molar-refractivity contribution in [2.24, 2.45) is 0 Å². The van der Waals surface area contributed by atoms with Crippen LogP contribution in [0, 0.1) is 13.8 Å². The molecule has 0 aliphatic carbocycles. The highest BCUT2D eigenvalue weighted by molar-refractivity contribution is 7.92. The number of rotatable bonds is 6. The van der Waals surface area contributed by atoms with Gasteiger partial charge in [-0.2, -0.15) is 4.98 Å². The quantitative estimate of drug-likeness (QED) is 0.431. The first-order chi connectivity index (χ1) is 16.3. The molecule has 1 N–H and O–H groups in total. The van der Waals surface area contributed by atoms with Crippen LogP contribution in [-0.2, 0) is 14.8 Å². The molecule has 9 nitrogen and oxygen atoms in total. The Morgan fingerprint density at radius 1 is 1.15 bits per heavy atom. The fourth-order valence-corrected chi connectivity index (χ4v) is 6.10. The van der Waals surface area contributed by atoms with Gasteiger partial charge in [0.25, 0.3) is 16.0 Å². The van der Waals surface area contributed by atoms with E-state index >= 15 is 0 Å². The third-order valence-electron chi connectivity index (χ3n) is 5.79. The molecule has 34 heavy (non-hydrogen) atoms. The fraction of sp³-hybridized carbons (Fsp3) is 0.261. The van der Waals surface area contributed by atoms with Crippen molar-refractivity contribution in [2.75, 3.05) is 23.3 Å². The molecule has 4 aromatic rings. The van der Waals surface area contributed by atoms with Crippen LogP contribution < -0.4 is 14.4 Å². The molecule has 0 saturated carbocycles. The molecule has 2 aromatic heterocycles. The minimum Gasteiger partial charge on any atom is -0.495 e. The van der Waals surface area contributed by atoms with Gasteiger partial charge in [-0.25, -0.2) is 17.7 Å². The fourth-order valence-electron chi connectivity index (χ4n) is 4.15. The van der Waals surface area contributed by atoms with E-state index in [0.29, 0.717) is 23.6 Å². The number of benzene rings is 2. The first kappa shape index (κ1) is 22.4. The van der Waals surface area contributed by atoms with Gasteiger partial charge in [-0.05, 0) is 44.0 Å². The van der Waals surface area contributed by atoms with Gasteiger partial charge in [0.2, 0.25) is 10.9 Å². The average molecular weight is 498 g/mol. The number of carbonyl (C=O) groups excluding carboxylic acids is 1. The molecule has 3 heterocycles. The molecular formula is C23H23N5O4S2. The highest BCUT2D eigenvalue weighted by Crippen LogP contribution is 2.33. The molecule has 0 radical (unpaired) electrons. The van der Waals surface area contributed by atoms with Crippen LogP contribution in [0.5, 0.6) is 5.75 Å². The van der Waals surface area contributed by atoms with Gasteiger partial charge in [-0.15, -0.1) is 16.4 Å². The highest BCUT2D eigenvalue weighted by Gasteiger charge is 2.27. The molecule has 1 fully saturated rings. The van der Waals surface area contributed by atoms with E-state index in [1.54, 1.807) is 21.5 Å². The van der Waals surface area contributed by atoms with Crippen molar-refractivity contribution in [1.29, 1.82) is 0 Å². The number of anilines is 2. The number of sulfonamides is 1. The molecule has 0 bridgehead atoms. The number of aryl methyl sites for hydroxylation is 2. The number of ether oxygens (including phenoxy) is 1. The molecule has 0 unspecified atom stereocenters. The van der Waals surface area contributed by atoms with E-state index in [2.05, 4.69) is 20.9 Å². The normalized spacial score (nSPS) is 14.2. The zero-order chi connectivity index (χ0) is 24.0. The molecular weight excluding hydrogens is 474 g/mol. The summed E-state index contributed by atoms with van der Waals surface area (Å²) in [5, 5.41) is 6.36. The predicted octanol–water partition coefficient (Wildman–Crippen LogP) is 4.01. The standard InChI is InChI=1S/C23H23N5O4S2/c1-14-6-8-17(15(2)11-14)18-13-33-23-24-22(25-28(18)23)26-34(30,31)20-12-16(7-9-19(20)32-3)27-10-4-5-21(27)29/h6-9,11-13H,4-5,10H2,1-3H3,(H,25,26). The van der Waals surface area contributed by atoms with Crippen LogP contribution >= 0.6 is 11.3 Å². The Kier molecular flexibility index (Phi) is 5.53. The Balaban J connectivity index is 1.50. The van der Waals surface area contributed by atoms with Crippen molar-refractivity contribution in [1.82, 2.24) is 14.6 Å². The van der Waals surface area contributed by atoms with E-state index < -0.39 is 10.0 Å². The van der Waals surface area contributed by atoms with Crippen LogP contribution in [0.25, 0.3) is 16.2 Å². The Labute approximate surface area is 201 Å². The van der Waals surface area contributed by atoms with Crippen LogP contribution in [0.1, 0.15) is 24.0 Å². The van der Waals surface area contributed by atoms with Gasteiger partial charge in [-0.3, -0.25) is 4.79 Å². The maximum atomic E-state index is 13.3. The molecule has 11 heteroatoms. The van der Waals surface area contributed by atoms with Crippen molar-refractivity contribution in [3.63, 3.8) is 0 Å². The average Bonchev–Trinajstić information content (AvgIpc) is 3.49. The summed E-state index contributed by atoms with van der Waals surface area (Å²) in [4.78, 5) is 18.6. The molecule has 1 amide bonds. The molecule has 1 saturated heterocycles. The van der Waals surface area contributed by atoms with Crippen LogP contribution in [0.2, 0.25) is 0 Å². The van der Waals surface area contributed by atoms with Gasteiger partial charge in [0, 0.05) is 29.6 Å². The number of carbonyl (C=O) groups is 1. The predicted molar refractivity (Wildman–Crippen MR) is 131 cm³/mol. The summed E-state index contributed by atoms with van der Waals surface area (Å²) in [5.74, 6) is 0.0962. The van der Waals surface area contributed by atoms with Crippen molar-refractivity contribution in [2.45, 2.75) is 31.6 Å². The number of hydrogen-bond donors (Lipinski definition) is 1. The highest BCUT2D eigenvalue weighted by atomic mass is 32.2. The van der Waals surface area contributed by atoms with Gasteiger partial charge in [-0.1, -0.05) is 23.8 Å². The van der Waals surface area contributed by atoms with Gasteiger partial charge in [0.05, 0.1) is 12.8 Å². The first-order valence-corrected chi connectivity index (χ1v) is 13.1. The second-order valence-corrected chi connectivity index (χ2v) is 10.6. The van der Waals surface area contributed by atoms with E-state index in [-0.39, 0.29) is 22.5 Å². The number of thiazole rings is 1. The zero-order valence-electron chi connectivity index (χ0n) is 18.9. The minimum atomic E-state index is -4.09. The third kappa shape index (κ3) is 3.90. The second-order valence-electron chi connectivity index (χ2n) is 8.16. The first-order valence-electron chi connectivity index (χ1n) is 10.7. The minimum absolute atomic E-state index is 0.0311. The number of methoxy groups -OCH3 is 1. The number of fused-ring (bicyclic) bond motifs is 1. The molecule has 1 aliphatic rings. The number of amides is 1. The lowest BCUT2D eigenvalue weighted by Crippen LogP contribution is -2.24. The topological polar surface area (TPSA) is 106 Å². The summed E-state index contributed by atoms with van der Waals surface area (Å²) >= 11 is 1.38. The Hall–Kier alpha value is -3.44. The molecule has 0 atom stereocenters. The van der Waals surface area contributed by atoms with E-state index in [4.69, 9.17) is 4.74 Å². The zero-order valence-corrected chi connectivity index (χ0v) is 20.5. The summed E-state index contributed by atoms with van der Waals surface area (Å²) in [5.41, 5.74) is 4.60. The Morgan fingerprint density at radius 2 is 1.97 bits per heavy atom. The lowest BCUT2D eigenvalue weighted by molar-refractivity contribution is -0.117. The molecule has 176 valence electrons. The van der Waals surface area contributed by atoms with Gasteiger partial charge >= 0.3 is 0 Å². The largest absolute Gasteiger partial charge is 0.495 e. The van der Waals surface area contributed by atoms with Gasteiger partial charge < -0.3 is 9.64 Å². The SMILES string of the molecule is COc1ccc(N2CCCC2=O)cc1S(=O)(=O)Nc1nc2scc(-c3ccc(C)cc3C)n2n1. The molecule has 2 aromatic carbocycles. The van der Waals surface area contributed by atoms with E-state index in [9.17, 15) is 13.2 Å². The van der Waals surface area contributed by atoms with Crippen molar-refractivity contribution < 1.29 is 17.9 Å². The monoisotopic (exact) mass is 497 g/mol. The molecule has 1 aliphatic heterocycles. The number of nitrogens with one attached hydrogen (secondary N) is 1. The second kappa shape index (κ2) is 8.41. The number of hydrogen-bond acceptors (Lipinski definition) is 7. The summed E-state index contributed by atoms with van der Waals surface area (Å²) in [6.45, 7) is 4.61. The van der Waals surface area contributed by atoms with Crippen LogP contribution in [-0.4, -0.2) is 42.6 Å². The lowest BCUT2D eigenvalue weighted by Gasteiger charge is -2.18. The van der Waals surface area contributed by atoms with Crippen LogP contribution in [0.3, 0.4) is 0 Å². The summed E-state index contributed by atoms with van der Waals surface area (Å²) in [7, 11) is -2.69. The van der Waals surface area contributed by atoms with Gasteiger partial charge in [0.1, 0.15) is 10.6 Å². The Morgan fingerprint density at radius 3 is 2.68 bits per heavy atom. The van der Waals surface area contributed by atoms with Crippen molar-refractivity contribution >= 4 is 43.9 Å². The van der Waals surface area contributed by atoms with Crippen LogP contribution in [0.15, 0.2) is 46.7 Å². The number of nitrogens with zero attached hydrogens (tertiary/aromatic N) is 4. The molecule has 0 spiro atoms. The smallest absolute Gasteiger partial charge is 0.268 e. The van der Waals surface area contributed by atoms with Crippen LogP contribution in [0.4, 0.5) is 11.6 Å². The van der Waals surface area contributed by atoms with Gasteiger partial charge in [0.15, 0.2) is 0 Å². The lowest BCUT2D eigenvalue weighted by atomic mass is 10.0. The molecule has 5 rings (SSSR count). The number of aromatic nitrogens is 3. The van der Waals surface area contributed by atoms with E-state index in [1.165, 1.54) is 24.5 Å². The maximum absolute atomic E-state index is 13.3. The van der Waals surface area contributed by atoms with E-state index in [1.807, 2.05) is 31.4 Å².